The molecule has 1 fully saturated rings. The van der Waals surface area contributed by atoms with Gasteiger partial charge in [0.25, 0.3) is 5.91 Å². The number of carbonyl (C=O) groups excluding carboxylic acids is 1. The number of nitrogens with one attached hydrogen (secondary N) is 2. The highest BCUT2D eigenvalue weighted by molar-refractivity contribution is 6.00. The van der Waals surface area contributed by atoms with Crippen molar-refractivity contribution in [1.82, 2.24) is 5.32 Å². The van der Waals surface area contributed by atoms with Crippen molar-refractivity contribution in [2.45, 2.75) is 32.2 Å². The fourth-order valence-electron chi connectivity index (χ4n) is 2.19. The normalized spacial score (nSPS) is 16.1. The van der Waals surface area contributed by atoms with Crippen molar-refractivity contribution in [3.63, 3.8) is 0 Å². The molecule has 1 aromatic carbocycles. The third-order valence-electron chi connectivity index (χ3n) is 3.30. The highest BCUT2D eigenvalue weighted by atomic mass is 16.1. The minimum atomic E-state index is -0.0869. The standard InChI is InChI=1S/C14H21N3O/c1-9(7-10-3-4-10)17-13-8-11(15)5-6-12(13)14(18)16-2/h5-6,8-10,17H,3-4,7,15H2,1-2H3,(H,16,18). The summed E-state index contributed by atoms with van der Waals surface area (Å²) in [5.41, 5.74) is 7.93. The summed E-state index contributed by atoms with van der Waals surface area (Å²) in [6, 6.07) is 5.71. The zero-order valence-corrected chi connectivity index (χ0v) is 11.0. The summed E-state index contributed by atoms with van der Waals surface area (Å²) in [7, 11) is 1.64. The van der Waals surface area contributed by atoms with Gasteiger partial charge in [-0.25, -0.2) is 0 Å². The quantitative estimate of drug-likeness (QED) is 0.699. The van der Waals surface area contributed by atoms with Crippen LogP contribution in [0.5, 0.6) is 0 Å². The van der Waals surface area contributed by atoms with Gasteiger partial charge in [-0.1, -0.05) is 12.8 Å². The molecule has 0 spiro atoms. The lowest BCUT2D eigenvalue weighted by atomic mass is 10.1. The molecule has 1 unspecified atom stereocenters. The lowest BCUT2D eigenvalue weighted by Gasteiger charge is -2.18. The highest BCUT2D eigenvalue weighted by Gasteiger charge is 2.24. The fourth-order valence-corrected chi connectivity index (χ4v) is 2.19. The number of benzene rings is 1. The number of nitrogen functional groups attached to an aromatic ring is 1. The van der Waals surface area contributed by atoms with Gasteiger partial charge in [0.2, 0.25) is 0 Å². The first kappa shape index (κ1) is 12.7. The van der Waals surface area contributed by atoms with Gasteiger partial charge in [-0.05, 0) is 37.5 Å². The molecule has 18 heavy (non-hydrogen) atoms. The minimum Gasteiger partial charge on any atom is -0.399 e. The minimum absolute atomic E-state index is 0.0869. The van der Waals surface area contributed by atoms with Crippen LogP contribution < -0.4 is 16.4 Å². The summed E-state index contributed by atoms with van der Waals surface area (Å²) in [5.74, 6) is 0.771. The molecule has 4 nitrogen and oxygen atoms in total. The Bertz CT molecular complexity index is 441. The Morgan fingerprint density at radius 2 is 2.22 bits per heavy atom. The molecule has 0 radical (unpaired) electrons. The molecule has 2 rings (SSSR count). The second-order valence-corrected chi connectivity index (χ2v) is 5.11. The zero-order chi connectivity index (χ0) is 13.1. The SMILES string of the molecule is CNC(=O)c1ccc(N)cc1NC(C)CC1CC1. The van der Waals surface area contributed by atoms with E-state index in [9.17, 15) is 4.79 Å². The van der Waals surface area contributed by atoms with Crippen LogP contribution in [0.25, 0.3) is 0 Å². The van der Waals surface area contributed by atoms with E-state index in [-0.39, 0.29) is 5.91 Å². The van der Waals surface area contributed by atoms with Crippen LogP contribution in [0, 0.1) is 5.92 Å². The van der Waals surface area contributed by atoms with Crippen LogP contribution in [-0.2, 0) is 0 Å². The Balaban J connectivity index is 2.12. The predicted octanol–water partition coefficient (Wildman–Crippen LogP) is 2.23. The Kier molecular flexibility index (Phi) is 3.75. The number of amides is 1. The average molecular weight is 247 g/mol. The van der Waals surface area contributed by atoms with Gasteiger partial charge in [-0.3, -0.25) is 4.79 Å². The smallest absolute Gasteiger partial charge is 0.253 e. The fraction of sp³-hybridized carbons (Fsp3) is 0.500. The van der Waals surface area contributed by atoms with Gasteiger partial charge < -0.3 is 16.4 Å². The van der Waals surface area contributed by atoms with Crippen LogP contribution >= 0.6 is 0 Å². The molecule has 1 amide bonds. The molecule has 0 aliphatic heterocycles. The molecule has 0 aromatic heterocycles. The van der Waals surface area contributed by atoms with Crippen molar-refractivity contribution in [3.8, 4) is 0 Å². The Hall–Kier alpha value is -1.71. The third-order valence-corrected chi connectivity index (χ3v) is 3.30. The second kappa shape index (κ2) is 5.29. The number of anilines is 2. The van der Waals surface area contributed by atoms with Crippen molar-refractivity contribution in [2.75, 3.05) is 18.1 Å². The van der Waals surface area contributed by atoms with Crippen LogP contribution in [0.2, 0.25) is 0 Å². The van der Waals surface area contributed by atoms with Gasteiger partial charge >= 0.3 is 0 Å². The van der Waals surface area contributed by atoms with Crippen molar-refractivity contribution in [1.29, 1.82) is 0 Å². The van der Waals surface area contributed by atoms with Gasteiger partial charge in [0.1, 0.15) is 0 Å². The first-order valence-electron chi connectivity index (χ1n) is 6.48. The van der Waals surface area contributed by atoms with Crippen LogP contribution in [0.1, 0.15) is 36.5 Å². The predicted molar refractivity (Wildman–Crippen MR) is 74.7 cm³/mol. The number of rotatable bonds is 5. The van der Waals surface area contributed by atoms with E-state index in [4.69, 9.17) is 5.73 Å². The maximum absolute atomic E-state index is 11.8. The zero-order valence-electron chi connectivity index (χ0n) is 11.0. The number of hydrogen-bond donors (Lipinski definition) is 3. The van der Waals surface area contributed by atoms with Crippen molar-refractivity contribution in [2.24, 2.45) is 5.92 Å². The molecule has 98 valence electrons. The van der Waals surface area contributed by atoms with Crippen molar-refractivity contribution in [3.05, 3.63) is 23.8 Å². The molecule has 1 saturated carbocycles. The van der Waals surface area contributed by atoms with E-state index in [2.05, 4.69) is 17.6 Å². The molecule has 1 aliphatic rings. The van der Waals surface area contributed by atoms with E-state index in [1.165, 1.54) is 12.8 Å². The molecule has 0 bridgehead atoms. The van der Waals surface area contributed by atoms with E-state index in [0.717, 1.165) is 18.0 Å². The van der Waals surface area contributed by atoms with Crippen LogP contribution in [0.15, 0.2) is 18.2 Å². The summed E-state index contributed by atoms with van der Waals surface area (Å²) >= 11 is 0. The van der Waals surface area contributed by atoms with Crippen molar-refractivity contribution < 1.29 is 4.79 Å². The first-order valence-corrected chi connectivity index (χ1v) is 6.48. The number of nitrogens with two attached hydrogens (primary N) is 1. The molecule has 1 aliphatic carbocycles. The molecular weight excluding hydrogens is 226 g/mol. The first-order chi connectivity index (χ1) is 8.60. The monoisotopic (exact) mass is 247 g/mol. The molecule has 4 N–H and O–H groups in total. The molecule has 0 saturated heterocycles. The van der Waals surface area contributed by atoms with E-state index >= 15 is 0 Å². The van der Waals surface area contributed by atoms with E-state index in [1.54, 1.807) is 19.2 Å². The molecule has 0 heterocycles. The average Bonchev–Trinajstić information content (AvgIpc) is 3.12. The van der Waals surface area contributed by atoms with Crippen LogP contribution in [0.3, 0.4) is 0 Å². The van der Waals surface area contributed by atoms with E-state index in [0.29, 0.717) is 17.3 Å². The van der Waals surface area contributed by atoms with Crippen LogP contribution in [0.4, 0.5) is 11.4 Å². The maximum Gasteiger partial charge on any atom is 0.253 e. The summed E-state index contributed by atoms with van der Waals surface area (Å²) in [6.07, 6.45) is 3.83. The number of hydrogen-bond acceptors (Lipinski definition) is 3. The summed E-state index contributed by atoms with van der Waals surface area (Å²) in [4.78, 5) is 11.8. The topological polar surface area (TPSA) is 67.2 Å². The lowest BCUT2D eigenvalue weighted by molar-refractivity contribution is 0.0964. The van der Waals surface area contributed by atoms with E-state index in [1.807, 2.05) is 6.07 Å². The second-order valence-electron chi connectivity index (χ2n) is 5.11. The Labute approximate surface area is 108 Å². The molecule has 1 aromatic rings. The van der Waals surface area contributed by atoms with Crippen LogP contribution in [-0.4, -0.2) is 19.0 Å². The summed E-state index contributed by atoms with van der Waals surface area (Å²) in [5, 5.41) is 6.04. The molecule has 4 heteroatoms. The summed E-state index contributed by atoms with van der Waals surface area (Å²) in [6.45, 7) is 2.15. The van der Waals surface area contributed by atoms with Gasteiger partial charge in [-0.2, -0.15) is 0 Å². The van der Waals surface area contributed by atoms with Gasteiger partial charge in [0.05, 0.1) is 5.56 Å². The third kappa shape index (κ3) is 3.15. The maximum atomic E-state index is 11.8. The van der Waals surface area contributed by atoms with Gasteiger partial charge in [-0.15, -0.1) is 0 Å². The van der Waals surface area contributed by atoms with Crippen molar-refractivity contribution >= 4 is 17.3 Å². The van der Waals surface area contributed by atoms with Gasteiger partial charge in [0, 0.05) is 24.5 Å². The Morgan fingerprint density at radius 3 is 2.83 bits per heavy atom. The molecule has 1 atom stereocenters. The lowest BCUT2D eigenvalue weighted by Crippen LogP contribution is -2.23. The summed E-state index contributed by atoms with van der Waals surface area (Å²) < 4.78 is 0. The Morgan fingerprint density at radius 1 is 1.50 bits per heavy atom. The van der Waals surface area contributed by atoms with Gasteiger partial charge in [0.15, 0.2) is 0 Å². The van der Waals surface area contributed by atoms with E-state index < -0.39 is 0 Å². The molecular formula is C14H21N3O. The largest absolute Gasteiger partial charge is 0.399 e. The highest BCUT2D eigenvalue weighted by Crippen LogP contribution is 2.34. The number of carbonyl (C=O) groups is 1.